The summed E-state index contributed by atoms with van der Waals surface area (Å²) in [7, 11) is 0. The molecular weight excluding hydrogens is 299 g/mol. The Kier molecular flexibility index (Phi) is 3.35. The van der Waals surface area contributed by atoms with Crippen molar-refractivity contribution in [1.82, 2.24) is 19.9 Å². The van der Waals surface area contributed by atoms with E-state index in [9.17, 15) is 4.39 Å². The maximum atomic E-state index is 14.5. The smallest absolute Gasteiger partial charge is 0.133 e. The molecule has 0 aliphatic carbocycles. The van der Waals surface area contributed by atoms with Crippen LogP contribution in [0, 0.1) is 5.82 Å². The molecule has 0 fully saturated rings. The molecule has 0 saturated carbocycles. The summed E-state index contributed by atoms with van der Waals surface area (Å²) in [4.78, 5) is 8.85. The summed E-state index contributed by atoms with van der Waals surface area (Å²) in [5, 5.41) is 4.21. The second kappa shape index (κ2) is 5.37. The molecule has 1 aromatic carbocycles. The van der Waals surface area contributed by atoms with Gasteiger partial charge in [0.1, 0.15) is 11.6 Å². The number of rotatable bonds is 2. The molecule has 4 rings (SSSR count). The predicted molar refractivity (Wildman–Crippen MR) is 86.4 cm³/mol. The van der Waals surface area contributed by atoms with Gasteiger partial charge in [0.25, 0.3) is 0 Å². The van der Waals surface area contributed by atoms with Crippen molar-refractivity contribution in [2.24, 2.45) is 0 Å². The molecule has 4 nitrogen and oxygen atoms in total. The number of halogens is 1. The molecule has 0 bridgehead atoms. The number of benzene rings is 1. The average molecular weight is 314 g/mol. The molecule has 0 atom stereocenters. The molecule has 3 heterocycles. The van der Waals surface area contributed by atoms with E-state index in [2.05, 4.69) is 19.9 Å². The van der Waals surface area contributed by atoms with Crippen molar-refractivity contribution in [3.05, 3.63) is 42.1 Å². The van der Waals surface area contributed by atoms with Gasteiger partial charge in [0.2, 0.25) is 0 Å². The van der Waals surface area contributed by atoms with Crippen LogP contribution in [0.3, 0.4) is 0 Å². The van der Waals surface area contributed by atoms with Gasteiger partial charge >= 0.3 is 0 Å². The number of pyridine rings is 1. The normalized spacial score (nSPS) is 14.3. The molecule has 22 heavy (non-hydrogen) atoms. The average Bonchev–Trinajstić information content (AvgIpc) is 2.91. The summed E-state index contributed by atoms with van der Waals surface area (Å²) in [6.45, 7) is 2.51. The second-order valence-electron chi connectivity index (χ2n) is 5.27. The van der Waals surface area contributed by atoms with E-state index in [0.29, 0.717) is 11.1 Å². The summed E-state index contributed by atoms with van der Waals surface area (Å²) in [6.07, 6.45) is 3.70. The number of nitrogens with zero attached hydrogens (tertiary/aromatic N) is 3. The number of hydrogen-bond acceptors (Lipinski definition) is 4. The first-order valence-corrected chi connectivity index (χ1v) is 8.38. The lowest BCUT2D eigenvalue weighted by molar-refractivity contribution is 0.514. The Bertz CT molecular complexity index is 841. The zero-order valence-corrected chi connectivity index (χ0v) is 13.0. The van der Waals surface area contributed by atoms with Gasteiger partial charge in [-0.2, -0.15) is 0 Å². The van der Waals surface area contributed by atoms with Crippen molar-refractivity contribution >= 4 is 22.8 Å². The highest BCUT2D eigenvalue weighted by Crippen LogP contribution is 2.29. The van der Waals surface area contributed by atoms with Gasteiger partial charge < -0.3 is 9.88 Å². The van der Waals surface area contributed by atoms with E-state index in [-0.39, 0.29) is 5.82 Å². The van der Waals surface area contributed by atoms with Crippen molar-refractivity contribution in [1.29, 1.82) is 0 Å². The Hall–Kier alpha value is -1.92. The van der Waals surface area contributed by atoms with Gasteiger partial charge in [-0.05, 0) is 18.4 Å². The molecule has 112 valence electrons. The minimum atomic E-state index is -0.255. The molecular formula is C16H15FN4S. The lowest BCUT2D eigenvalue weighted by atomic mass is 10.1. The second-order valence-corrected chi connectivity index (χ2v) is 6.09. The van der Waals surface area contributed by atoms with E-state index in [1.807, 2.05) is 24.5 Å². The highest BCUT2D eigenvalue weighted by molar-refractivity contribution is 7.98. The molecule has 0 spiro atoms. The molecule has 0 saturated heterocycles. The highest BCUT2D eigenvalue weighted by Gasteiger charge is 2.17. The van der Waals surface area contributed by atoms with Gasteiger partial charge in [0.05, 0.1) is 22.6 Å². The van der Waals surface area contributed by atoms with Crippen LogP contribution in [0.5, 0.6) is 0 Å². The number of nitrogens with one attached hydrogen (secondary N) is 1. The molecule has 0 radical (unpaired) electrons. The summed E-state index contributed by atoms with van der Waals surface area (Å²) in [6, 6.07) is 7.25. The third kappa shape index (κ3) is 2.19. The van der Waals surface area contributed by atoms with E-state index in [0.717, 1.165) is 41.6 Å². The first kappa shape index (κ1) is 13.7. The van der Waals surface area contributed by atoms with Crippen molar-refractivity contribution in [3.63, 3.8) is 0 Å². The maximum Gasteiger partial charge on any atom is 0.133 e. The summed E-state index contributed by atoms with van der Waals surface area (Å²) in [5.74, 6) is 0.711. The Balaban J connectivity index is 1.87. The molecule has 3 aromatic rings. The minimum absolute atomic E-state index is 0.255. The van der Waals surface area contributed by atoms with Gasteiger partial charge in [-0.3, -0.25) is 0 Å². The summed E-state index contributed by atoms with van der Waals surface area (Å²) >= 11 is 1.57. The number of thioether (sulfide) groups is 1. The van der Waals surface area contributed by atoms with Gasteiger partial charge in [-0.1, -0.05) is 6.07 Å². The fourth-order valence-electron chi connectivity index (χ4n) is 2.85. The van der Waals surface area contributed by atoms with Crippen LogP contribution in [-0.2, 0) is 13.1 Å². The van der Waals surface area contributed by atoms with Crippen LogP contribution >= 0.6 is 11.8 Å². The third-order valence-corrected chi connectivity index (χ3v) is 4.63. The first-order chi connectivity index (χ1) is 10.8. The van der Waals surface area contributed by atoms with Crippen LogP contribution in [0.2, 0.25) is 0 Å². The molecule has 0 unspecified atom stereocenters. The van der Waals surface area contributed by atoms with E-state index in [1.54, 1.807) is 18.0 Å². The Morgan fingerprint density at radius 2 is 2.23 bits per heavy atom. The predicted octanol–water partition coefficient (Wildman–Crippen LogP) is 3.06. The summed E-state index contributed by atoms with van der Waals surface area (Å²) in [5.41, 5.74) is 3.08. The zero-order chi connectivity index (χ0) is 15.1. The SMILES string of the molecule is CSc1ccc(-c2cc3c(cc2F)nc2n3CCNC2)cn1. The van der Waals surface area contributed by atoms with Crippen molar-refractivity contribution in [2.75, 3.05) is 12.8 Å². The number of fused-ring (bicyclic) bond motifs is 3. The molecule has 2 aromatic heterocycles. The number of aromatic nitrogens is 3. The van der Waals surface area contributed by atoms with Crippen LogP contribution in [0.4, 0.5) is 4.39 Å². The minimum Gasteiger partial charge on any atom is -0.326 e. The van der Waals surface area contributed by atoms with E-state index in [4.69, 9.17) is 0 Å². The van der Waals surface area contributed by atoms with Gasteiger partial charge in [-0.15, -0.1) is 11.8 Å². The monoisotopic (exact) mass is 314 g/mol. The Morgan fingerprint density at radius 3 is 3.00 bits per heavy atom. The molecule has 0 amide bonds. The van der Waals surface area contributed by atoms with Crippen LogP contribution in [0.1, 0.15) is 5.82 Å². The maximum absolute atomic E-state index is 14.5. The van der Waals surface area contributed by atoms with E-state index in [1.165, 1.54) is 6.07 Å². The Labute approximate surface area is 131 Å². The van der Waals surface area contributed by atoms with E-state index >= 15 is 0 Å². The standard InChI is InChI=1S/C16H15FN4S/c1-22-16-3-2-10(8-19-16)11-6-14-13(7-12(11)17)20-15-9-18-4-5-21(14)15/h2-3,6-8,18H,4-5,9H2,1H3. The quantitative estimate of drug-likeness (QED) is 0.738. The van der Waals surface area contributed by atoms with Gasteiger partial charge in [0, 0.05) is 36.5 Å². The lowest BCUT2D eigenvalue weighted by Crippen LogP contribution is -2.28. The topological polar surface area (TPSA) is 42.7 Å². The highest BCUT2D eigenvalue weighted by atomic mass is 32.2. The number of hydrogen-bond donors (Lipinski definition) is 1. The number of imidazole rings is 1. The third-order valence-electron chi connectivity index (χ3n) is 3.97. The molecule has 1 aliphatic rings. The first-order valence-electron chi connectivity index (χ1n) is 7.16. The van der Waals surface area contributed by atoms with Gasteiger partial charge in [0.15, 0.2) is 0 Å². The van der Waals surface area contributed by atoms with Crippen molar-refractivity contribution in [2.45, 2.75) is 18.1 Å². The largest absolute Gasteiger partial charge is 0.326 e. The Morgan fingerprint density at radius 1 is 1.32 bits per heavy atom. The van der Waals surface area contributed by atoms with Crippen molar-refractivity contribution < 1.29 is 4.39 Å². The van der Waals surface area contributed by atoms with Gasteiger partial charge in [-0.25, -0.2) is 14.4 Å². The van der Waals surface area contributed by atoms with E-state index < -0.39 is 0 Å². The zero-order valence-electron chi connectivity index (χ0n) is 12.1. The molecule has 1 aliphatic heterocycles. The molecule has 6 heteroatoms. The fraction of sp³-hybridized carbons (Fsp3) is 0.250. The van der Waals surface area contributed by atoms with Crippen LogP contribution in [0.15, 0.2) is 35.5 Å². The van der Waals surface area contributed by atoms with Crippen LogP contribution in [-0.4, -0.2) is 27.3 Å². The van der Waals surface area contributed by atoms with Crippen molar-refractivity contribution in [3.8, 4) is 11.1 Å². The summed E-state index contributed by atoms with van der Waals surface area (Å²) < 4.78 is 16.6. The van der Waals surface area contributed by atoms with Crippen LogP contribution in [0.25, 0.3) is 22.2 Å². The lowest BCUT2D eigenvalue weighted by Gasteiger charge is -2.15. The molecule has 1 N–H and O–H groups in total. The van der Waals surface area contributed by atoms with Crippen LogP contribution < -0.4 is 5.32 Å². The fourth-order valence-corrected chi connectivity index (χ4v) is 3.21.